The maximum Gasteiger partial charge on any atom is 0.319 e. The maximum absolute atomic E-state index is 13.0. The van der Waals surface area contributed by atoms with Gasteiger partial charge in [0.1, 0.15) is 0 Å². The molecule has 0 aromatic heterocycles. The highest BCUT2D eigenvalue weighted by Gasteiger charge is 2.32. The number of benzene rings is 2. The minimum absolute atomic E-state index is 0.289. The second-order valence-corrected chi connectivity index (χ2v) is 6.75. The lowest BCUT2D eigenvalue weighted by Crippen LogP contribution is -2.46. The first kappa shape index (κ1) is 18.0. The Labute approximate surface area is 157 Å². The lowest BCUT2D eigenvalue weighted by molar-refractivity contribution is -0.113. The van der Waals surface area contributed by atoms with Gasteiger partial charge in [0, 0.05) is 16.4 Å². The average molecular weight is 370 g/mol. The molecule has 0 saturated heterocycles. The largest absolute Gasteiger partial charge is 0.327 e. The smallest absolute Gasteiger partial charge is 0.319 e. The van der Waals surface area contributed by atoms with Crippen LogP contribution in [0, 0.1) is 13.8 Å². The molecule has 6 heteroatoms. The van der Waals surface area contributed by atoms with Gasteiger partial charge < -0.3 is 16.0 Å². The summed E-state index contributed by atoms with van der Waals surface area (Å²) in [6, 6.07) is 11.9. The van der Waals surface area contributed by atoms with E-state index in [0.29, 0.717) is 27.5 Å². The normalized spacial score (nSPS) is 16.8. The van der Waals surface area contributed by atoms with E-state index < -0.39 is 6.04 Å². The summed E-state index contributed by atoms with van der Waals surface area (Å²) in [4.78, 5) is 24.9. The fraction of sp³-hybridized carbons (Fsp3) is 0.200. The van der Waals surface area contributed by atoms with E-state index in [2.05, 4.69) is 16.0 Å². The number of nitrogens with one attached hydrogen (secondary N) is 3. The number of halogens is 1. The lowest BCUT2D eigenvalue weighted by Gasteiger charge is -2.29. The van der Waals surface area contributed by atoms with E-state index in [4.69, 9.17) is 11.6 Å². The van der Waals surface area contributed by atoms with E-state index in [0.717, 1.165) is 11.1 Å². The number of aryl methyl sites for hydroxylation is 2. The van der Waals surface area contributed by atoms with Crippen molar-refractivity contribution >= 4 is 29.2 Å². The molecule has 1 aliphatic heterocycles. The topological polar surface area (TPSA) is 70.2 Å². The SMILES string of the molecule is CC1=C(C(=O)Nc2ccc(C)c(C)c2)[C@@H](c2ccccc2Cl)NC(=O)N1. The van der Waals surface area contributed by atoms with Crippen LogP contribution in [-0.4, -0.2) is 11.9 Å². The van der Waals surface area contributed by atoms with Crippen LogP contribution in [0.1, 0.15) is 29.7 Å². The summed E-state index contributed by atoms with van der Waals surface area (Å²) in [5.74, 6) is -0.289. The molecule has 1 heterocycles. The molecular weight excluding hydrogens is 350 g/mol. The molecule has 0 fully saturated rings. The van der Waals surface area contributed by atoms with Gasteiger partial charge in [0.15, 0.2) is 0 Å². The number of hydrogen-bond acceptors (Lipinski definition) is 2. The molecule has 3 N–H and O–H groups in total. The molecule has 0 spiro atoms. The maximum atomic E-state index is 13.0. The van der Waals surface area contributed by atoms with Crippen LogP contribution >= 0.6 is 11.6 Å². The highest BCUT2D eigenvalue weighted by molar-refractivity contribution is 6.31. The number of urea groups is 1. The number of carbonyl (C=O) groups excluding carboxylic acids is 2. The minimum Gasteiger partial charge on any atom is -0.327 e. The first-order valence-corrected chi connectivity index (χ1v) is 8.66. The molecule has 0 aliphatic carbocycles. The second kappa shape index (κ2) is 7.22. The van der Waals surface area contributed by atoms with Gasteiger partial charge in [0.2, 0.25) is 0 Å². The van der Waals surface area contributed by atoms with E-state index in [1.54, 1.807) is 25.1 Å². The number of amides is 3. The Bertz CT molecular complexity index is 921. The van der Waals surface area contributed by atoms with Crippen molar-refractivity contribution < 1.29 is 9.59 Å². The predicted octanol–water partition coefficient (Wildman–Crippen LogP) is 4.22. The zero-order valence-corrected chi connectivity index (χ0v) is 15.6. The molecule has 1 aliphatic rings. The Morgan fingerprint density at radius 3 is 2.50 bits per heavy atom. The molecule has 0 radical (unpaired) electrons. The Balaban J connectivity index is 1.97. The minimum atomic E-state index is -0.621. The van der Waals surface area contributed by atoms with E-state index in [1.807, 2.05) is 38.1 Å². The predicted molar refractivity (Wildman–Crippen MR) is 103 cm³/mol. The number of carbonyl (C=O) groups is 2. The summed E-state index contributed by atoms with van der Waals surface area (Å²) in [6.07, 6.45) is 0. The van der Waals surface area contributed by atoms with E-state index in [-0.39, 0.29) is 11.9 Å². The van der Waals surface area contributed by atoms with Gasteiger partial charge in [-0.15, -0.1) is 0 Å². The zero-order chi connectivity index (χ0) is 18.8. The van der Waals surface area contributed by atoms with Gasteiger partial charge in [-0.1, -0.05) is 35.9 Å². The van der Waals surface area contributed by atoms with Crippen LogP contribution in [0.5, 0.6) is 0 Å². The third-order valence-corrected chi connectivity index (χ3v) is 4.84. The van der Waals surface area contributed by atoms with Gasteiger partial charge in [0.25, 0.3) is 5.91 Å². The number of allylic oxidation sites excluding steroid dienone is 1. The highest BCUT2D eigenvalue weighted by Crippen LogP contribution is 2.32. The first-order valence-electron chi connectivity index (χ1n) is 8.28. The molecule has 26 heavy (non-hydrogen) atoms. The van der Waals surface area contributed by atoms with Gasteiger partial charge in [-0.05, 0) is 55.7 Å². The van der Waals surface area contributed by atoms with Crippen LogP contribution < -0.4 is 16.0 Å². The summed E-state index contributed by atoms with van der Waals surface area (Å²) < 4.78 is 0. The van der Waals surface area contributed by atoms with Gasteiger partial charge in [-0.3, -0.25) is 4.79 Å². The van der Waals surface area contributed by atoms with Crippen LogP contribution in [0.2, 0.25) is 5.02 Å². The van der Waals surface area contributed by atoms with Crippen LogP contribution in [0.3, 0.4) is 0 Å². The quantitative estimate of drug-likeness (QED) is 0.757. The molecule has 0 saturated carbocycles. The molecule has 134 valence electrons. The Kier molecular flexibility index (Phi) is 5.00. The molecule has 5 nitrogen and oxygen atoms in total. The van der Waals surface area contributed by atoms with Gasteiger partial charge in [0.05, 0.1) is 11.6 Å². The number of anilines is 1. The summed E-state index contributed by atoms with van der Waals surface area (Å²) >= 11 is 6.30. The second-order valence-electron chi connectivity index (χ2n) is 6.34. The standard InChI is InChI=1S/C20H20ClN3O2/c1-11-8-9-14(10-12(11)2)23-19(25)17-13(3)22-20(26)24-18(17)15-6-4-5-7-16(15)21/h4-10,18H,1-3H3,(H,23,25)(H2,22,24,26)/t18-/m1/s1. The van der Waals surface area contributed by atoms with Crippen molar-refractivity contribution in [3.8, 4) is 0 Å². The molecule has 0 bridgehead atoms. The Morgan fingerprint density at radius 1 is 1.08 bits per heavy atom. The number of hydrogen-bond donors (Lipinski definition) is 3. The van der Waals surface area contributed by atoms with Crippen molar-refractivity contribution in [1.82, 2.24) is 10.6 Å². The van der Waals surface area contributed by atoms with Crippen molar-refractivity contribution in [3.63, 3.8) is 0 Å². The summed E-state index contributed by atoms with van der Waals surface area (Å²) in [7, 11) is 0. The molecule has 0 unspecified atom stereocenters. The summed E-state index contributed by atoms with van der Waals surface area (Å²) in [5.41, 5.74) is 4.54. The monoisotopic (exact) mass is 369 g/mol. The summed E-state index contributed by atoms with van der Waals surface area (Å²) in [6.45, 7) is 5.71. The molecular formula is C20H20ClN3O2. The fourth-order valence-electron chi connectivity index (χ4n) is 2.95. The van der Waals surface area contributed by atoms with Crippen LogP contribution in [-0.2, 0) is 4.79 Å². The Morgan fingerprint density at radius 2 is 1.81 bits per heavy atom. The Hall–Kier alpha value is -2.79. The summed E-state index contributed by atoms with van der Waals surface area (Å²) in [5, 5.41) is 8.85. The van der Waals surface area contributed by atoms with Gasteiger partial charge in [-0.25, -0.2) is 4.79 Å². The third-order valence-electron chi connectivity index (χ3n) is 4.49. The fourth-order valence-corrected chi connectivity index (χ4v) is 3.20. The van der Waals surface area contributed by atoms with E-state index in [1.165, 1.54) is 0 Å². The van der Waals surface area contributed by atoms with Crippen LogP contribution in [0.15, 0.2) is 53.7 Å². The molecule has 2 aromatic carbocycles. The molecule has 3 amide bonds. The van der Waals surface area contributed by atoms with E-state index in [9.17, 15) is 9.59 Å². The third kappa shape index (κ3) is 3.58. The number of rotatable bonds is 3. The van der Waals surface area contributed by atoms with Gasteiger partial charge >= 0.3 is 6.03 Å². The molecule has 1 atom stereocenters. The average Bonchev–Trinajstić information content (AvgIpc) is 2.57. The van der Waals surface area contributed by atoms with E-state index >= 15 is 0 Å². The van der Waals surface area contributed by atoms with Crippen LogP contribution in [0.4, 0.5) is 10.5 Å². The zero-order valence-electron chi connectivity index (χ0n) is 14.8. The van der Waals surface area contributed by atoms with Crippen molar-refractivity contribution in [2.24, 2.45) is 0 Å². The van der Waals surface area contributed by atoms with Crippen molar-refractivity contribution in [1.29, 1.82) is 0 Å². The molecule has 2 aromatic rings. The molecule has 3 rings (SSSR count). The van der Waals surface area contributed by atoms with Gasteiger partial charge in [-0.2, -0.15) is 0 Å². The van der Waals surface area contributed by atoms with Crippen molar-refractivity contribution in [3.05, 3.63) is 75.4 Å². The highest BCUT2D eigenvalue weighted by atomic mass is 35.5. The first-order chi connectivity index (χ1) is 12.4. The van der Waals surface area contributed by atoms with Crippen molar-refractivity contribution in [2.45, 2.75) is 26.8 Å². The van der Waals surface area contributed by atoms with Crippen LogP contribution in [0.25, 0.3) is 0 Å². The lowest BCUT2D eigenvalue weighted by atomic mass is 9.94. The van der Waals surface area contributed by atoms with Crippen molar-refractivity contribution in [2.75, 3.05) is 5.32 Å².